The van der Waals surface area contributed by atoms with Crippen molar-refractivity contribution < 1.29 is 0 Å². The SMILES string of the molecule is CC(C)c1ccc(/C(N)=C(\Cl)N(N)Cc2ccccc2)cc1. The zero-order chi connectivity index (χ0) is 16.1. The van der Waals surface area contributed by atoms with Gasteiger partial charge in [-0.2, -0.15) is 0 Å². The maximum Gasteiger partial charge on any atom is 0.143 e. The third-order valence-electron chi connectivity index (χ3n) is 3.56. The third kappa shape index (κ3) is 4.03. The molecule has 0 heterocycles. The van der Waals surface area contributed by atoms with Crippen molar-refractivity contribution in [3.63, 3.8) is 0 Å². The molecule has 2 rings (SSSR count). The van der Waals surface area contributed by atoms with Gasteiger partial charge >= 0.3 is 0 Å². The molecular weight excluding hydrogens is 294 g/mol. The number of rotatable bonds is 5. The van der Waals surface area contributed by atoms with Crippen LogP contribution in [0.5, 0.6) is 0 Å². The van der Waals surface area contributed by atoms with Crippen molar-refractivity contribution in [2.45, 2.75) is 26.3 Å². The van der Waals surface area contributed by atoms with Crippen LogP contribution in [-0.2, 0) is 6.54 Å². The molecule has 0 aliphatic carbocycles. The number of nitrogens with zero attached hydrogens (tertiary/aromatic N) is 1. The molecule has 0 aromatic heterocycles. The number of halogens is 1. The van der Waals surface area contributed by atoms with Crippen molar-refractivity contribution in [3.05, 3.63) is 76.4 Å². The molecule has 0 radical (unpaired) electrons. The normalized spacial score (nSPS) is 12.2. The lowest BCUT2D eigenvalue weighted by molar-refractivity contribution is 0.375. The van der Waals surface area contributed by atoms with Crippen LogP contribution in [0.1, 0.15) is 36.5 Å². The van der Waals surface area contributed by atoms with E-state index in [1.165, 1.54) is 10.6 Å². The first-order chi connectivity index (χ1) is 10.5. The topological polar surface area (TPSA) is 55.3 Å². The average molecular weight is 316 g/mol. The van der Waals surface area contributed by atoms with Crippen molar-refractivity contribution in [1.29, 1.82) is 0 Å². The Balaban J connectivity index is 2.17. The van der Waals surface area contributed by atoms with Crippen LogP contribution < -0.4 is 11.6 Å². The Kier molecular flexibility index (Phi) is 5.47. The zero-order valence-electron chi connectivity index (χ0n) is 13.0. The van der Waals surface area contributed by atoms with E-state index in [2.05, 4.69) is 26.0 Å². The van der Waals surface area contributed by atoms with E-state index < -0.39 is 0 Å². The molecule has 4 N–H and O–H groups in total. The van der Waals surface area contributed by atoms with Gasteiger partial charge in [-0.25, -0.2) is 5.84 Å². The predicted octanol–water partition coefficient (Wildman–Crippen LogP) is 4.01. The van der Waals surface area contributed by atoms with Crippen LogP contribution in [0, 0.1) is 0 Å². The second-order valence-electron chi connectivity index (χ2n) is 5.59. The van der Waals surface area contributed by atoms with Crippen LogP contribution in [0.4, 0.5) is 0 Å². The largest absolute Gasteiger partial charge is 0.396 e. The fourth-order valence-corrected chi connectivity index (χ4v) is 2.34. The fraction of sp³-hybridized carbons (Fsp3) is 0.222. The molecule has 0 saturated heterocycles. The predicted molar refractivity (Wildman–Crippen MR) is 93.7 cm³/mol. The number of hydrazine groups is 1. The second kappa shape index (κ2) is 7.34. The van der Waals surface area contributed by atoms with Crippen molar-refractivity contribution in [3.8, 4) is 0 Å². The highest BCUT2D eigenvalue weighted by molar-refractivity contribution is 6.32. The first kappa shape index (κ1) is 16.4. The summed E-state index contributed by atoms with van der Waals surface area (Å²) in [7, 11) is 0. The lowest BCUT2D eigenvalue weighted by atomic mass is 10.0. The zero-order valence-corrected chi connectivity index (χ0v) is 13.7. The average Bonchev–Trinajstić information content (AvgIpc) is 2.54. The minimum atomic E-state index is 0.348. The first-order valence-corrected chi connectivity index (χ1v) is 7.68. The number of hydrogen-bond acceptors (Lipinski definition) is 3. The molecule has 0 bridgehead atoms. The molecule has 0 aliphatic rings. The van der Waals surface area contributed by atoms with E-state index in [4.69, 9.17) is 23.2 Å². The van der Waals surface area contributed by atoms with Crippen LogP contribution in [0.25, 0.3) is 5.70 Å². The van der Waals surface area contributed by atoms with E-state index in [-0.39, 0.29) is 0 Å². The minimum Gasteiger partial charge on any atom is -0.396 e. The summed E-state index contributed by atoms with van der Waals surface area (Å²) in [6.45, 7) is 4.82. The molecule has 0 aliphatic heterocycles. The molecule has 2 aromatic carbocycles. The van der Waals surface area contributed by atoms with Gasteiger partial charge in [0.2, 0.25) is 0 Å². The number of benzene rings is 2. The first-order valence-electron chi connectivity index (χ1n) is 7.30. The Morgan fingerprint density at radius 1 is 1.05 bits per heavy atom. The molecule has 3 nitrogen and oxygen atoms in total. The summed E-state index contributed by atoms with van der Waals surface area (Å²) in [5, 5.41) is 1.81. The Morgan fingerprint density at radius 3 is 2.18 bits per heavy atom. The molecule has 0 fully saturated rings. The van der Waals surface area contributed by atoms with Crippen LogP contribution in [0.2, 0.25) is 0 Å². The maximum absolute atomic E-state index is 6.32. The summed E-state index contributed by atoms with van der Waals surface area (Å²) >= 11 is 6.32. The molecule has 0 unspecified atom stereocenters. The Bertz CT molecular complexity index is 633. The highest BCUT2D eigenvalue weighted by Gasteiger charge is 2.10. The molecule has 0 atom stereocenters. The fourth-order valence-electron chi connectivity index (χ4n) is 2.17. The highest BCUT2D eigenvalue weighted by Crippen LogP contribution is 2.22. The summed E-state index contributed by atoms with van der Waals surface area (Å²) in [6, 6.07) is 18.0. The Labute approximate surface area is 137 Å². The van der Waals surface area contributed by atoms with Crippen molar-refractivity contribution in [2.24, 2.45) is 11.6 Å². The molecule has 22 heavy (non-hydrogen) atoms. The lowest BCUT2D eigenvalue weighted by Gasteiger charge is -2.20. The maximum atomic E-state index is 6.32. The van der Waals surface area contributed by atoms with E-state index >= 15 is 0 Å². The summed E-state index contributed by atoms with van der Waals surface area (Å²) in [4.78, 5) is 0. The number of nitrogens with two attached hydrogens (primary N) is 2. The van der Waals surface area contributed by atoms with E-state index in [0.717, 1.165) is 11.1 Å². The smallest absolute Gasteiger partial charge is 0.143 e. The van der Waals surface area contributed by atoms with Gasteiger partial charge in [0.1, 0.15) is 5.16 Å². The Hall–Kier alpha value is -1.97. The van der Waals surface area contributed by atoms with Crippen LogP contribution >= 0.6 is 11.6 Å². The molecule has 2 aromatic rings. The number of hydrogen-bond donors (Lipinski definition) is 2. The standard InChI is InChI=1S/C18H22ClN3/c1-13(2)15-8-10-16(11-9-15)17(20)18(19)22(21)12-14-6-4-3-5-7-14/h3-11,13H,12,20-21H2,1-2H3/b18-17-. The van der Waals surface area contributed by atoms with E-state index in [0.29, 0.717) is 23.3 Å². The van der Waals surface area contributed by atoms with Gasteiger partial charge in [-0.05, 0) is 17.0 Å². The van der Waals surface area contributed by atoms with Crippen LogP contribution in [-0.4, -0.2) is 5.01 Å². The monoisotopic (exact) mass is 315 g/mol. The van der Waals surface area contributed by atoms with Crippen molar-refractivity contribution in [2.75, 3.05) is 0 Å². The van der Waals surface area contributed by atoms with Gasteiger partial charge in [-0.1, -0.05) is 80.0 Å². The molecule has 116 valence electrons. The van der Waals surface area contributed by atoms with Gasteiger partial charge in [0.05, 0.1) is 12.2 Å². The van der Waals surface area contributed by atoms with E-state index in [9.17, 15) is 0 Å². The lowest BCUT2D eigenvalue weighted by Crippen LogP contribution is -2.29. The van der Waals surface area contributed by atoms with E-state index in [1.807, 2.05) is 42.5 Å². The molecular formula is C18H22ClN3. The second-order valence-corrected chi connectivity index (χ2v) is 5.95. The van der Waals surface area contributed by atoms with Crippen molar-refractivity contribution in [1.82, 2.24) is 5.01 Å². The molecule has 0 amide bonds. The van der Waals surface area contributed by atoms with Gasteiger partial charge in [-0.3, -0.25) is 5.01 Å². The van der Waals surface area contributed by atoms with Crippen molar-refractivity contribution >= 4 is 17.3 Å². The van der Waals surface area contributed by atoms with Gasteiger partial charge in [0.15, 0.2) is 0 Å². The summed E-state index contributed by atoms with van der Waals surface area (Å²) in [5.41, 5.74) is 9.84. The van der Waals surface area contributed by atoms with Gasteiger partial charge < -0.3 is 5.73 Å². The molecule has 4 heteroatoms. The van der Waals surface area contributed by atoms with E-state index in [1.54, 1.807) is 0 Å². The minimum absolute atomic E-state index is 0.348. The Morgan fingerprint density at radius 2 is 1.64 bits per heavy atom. The van der Waals surface area contributed by atoms with Crippen LogP contribution in [0.15, 0.2) is 59.8 Å². The van der Waals surface area contributed by atoms with Gasteiger partial charge in [0, 0.05) is 5.56 Å². The summed E-state index contributed by atoms with van der Waals surface area (Å²) in [6.07, 6.45) is 0. The van der Waals surface area contributed by atoms with Gasteiger partial charge in [0.25, 0.3) is 0 Å². The molecule has 0 spiro atoms. The third-order valence-corrected chi connectivity index (χ3v) is 3.98. The van der Waals surface area contributed by atoms with Crippen LogP contribution in [0.3, 0.4) is 0 Å². The summed E-state index contributed by atoms with van der Waals surface area (Å²) in [5.74, 6) is 6.51. The van der Waals surface area contributed by atoms with Gasteiger partial charge in [-0.15, -0.1) is 0 Å². The highest BCUT2D eigenvalue weighted by atomic mass is 35.5. The molecule has 0 saturated carbocycles. The quantitative estimate of drug-likeness (QED) is 0.498. The summed E-state index contributed by atoms with van der Waals surface area (Å²) < 4.78 is 0.